The van der Waals surface area contributed by atoms with Crippen LogP contribution in [-0.4, -0.2) is 16.6 Å². The number of nitriles is 2. The molecule has 0 spiro atoms. The first-order valence-electron chi connectivity index (χ1n) is 8.39. The zero-order chi connectivity index (χ0) is 20.8. The molecule has 0 atom stereocenters. The fraction of sp³-hybridized carbons (Fsp3) is 0.100. The SMILES string of the molecule is N#Cc1c(N)nc(SCCC(=O)Nc2ccc(F)cc2)c(C#N)c1-c1ccco1. The van der Waals surface area contributed by atoms with Crippen LogP contribution in [0.15, 0.2) is 52.1 Å². The van der Waals surface area contributed by atoms with E-state index in [-0.39, 0.29) is 40.7 Å². The Morgan fingerprint density at radius 1 is 1.21 bits per heavy atom. The lowest BCUT2D eigenvalue weighted by Crippen LogP contribution is -2.12. The van der Waals surface area contributed by atoms with Crippen LogP contribution in [0.1, 0.15) is 17.5 Å². The molecule has 0 aliphatic heterocycles. The van der Waals surface area contributed by atoms with E-state index < -0.39 is 0 Å². The second-order valence-corrected chi connectivity index (χ2v) is 6.87. The van der Waals surface area contributed by atoms with Crippen molar-refractivity contribution in [3.63, 3.8) is 0 Å². The second kappa shape index (κ2) is 8.91. The Hall–Kier alpha value is -3.82. The number of nitrogen functional groups attached to an aromatic ring is 1. The minimum Gasteiger partial charge on any atom is -0.464 e. The number of halogens is 1. The largest absolute Gasteiger partial charge is 0.464 e. The number of carbonyl (C=O) groups is 1. The van der Waals surface area contributed by atoms with Crippen LogP contribution in [-0.2, 0) is 4.79 Å². The van der Waals surface area contributed by atoms with Gasteiger partial charge in [0, 0.05) is 17.9 Å². The summed E-state index contributed by atoms with van der Waals surface area (Å²) < 4.78 is 18.3. The van der Waals surface area contributed by atoms with Crippen molar-refractivity contribution < 1.29 is 13.6 Å². The van der Waals surface area contributed by atoms with Gasteiger partial charge in [-0.05, 0) is 36.4 Å². The monoisotopic (exact) mass is 407 g/mol. The number of benzene rings is 1. The molecular weight excluding hydrogens is 393 g/mol. The van der Waals surface area contributed by atoms with Gasteiger partial charge in [-0.3, -0.25) is 4.79 Å². The molecule has 0 fully saturated rings. The van der Waals surface area contributed by atoms with Crippen LogP contribution in [0.25, 0.3) is 11.3 Å². The first kappa shape index (κ1) is 19.9. The Bertz CT molecular complexity index is 1120. The van der Waals surface area contributed by atoms with E-state index in [2.05, 4.69) is 16.4 Å². The molecule has 29 heavy (non-hydrogen) atoms. The van der Waals surface area contributed by atoms with Gasteiger partial charge in [-0.1, -0.05) is 0 Å². The third kappa shape index (κ3) is 4.54. The number of aromatic nitrogens is 1. The highest BCUT2D eigenvalue weighted by molar-refractivity contribution is 7.99. The molecule has 3 N–H and O–H groups in total. The third-order valence-corrected chi connectivity index (χ3v) is 4.86. The van der Waals surface area contributed by atoms with Crippen LogP contribution in [0.3, 0.4) is 0 Å². The Morgan fingerprint density at radius 2 is 1.93 bits per heavy atom. The van der Waals surface area contributed by atoms with Gasteiger partial charge in [-0.2, -0.15) is 10.5 Å². The van der Waals surface area contributed by atoms with E-state index in [0.29, 0.717) is 22.2 Å². The van der Waals surface area contributed by atoms with Crippen LogP contribution in [0.5, 0.6) is 0 Å². The van der Waals surface area contributed by atoms with Gasteiger partial charge in [-0.15, -0.1) is 11.8 Å². The highest BCUT2D eigenvalue weighted by atomic mass is 32.2. The molecule has 0 unspecified atom stereocenters. The molecule has 7 nitrogen and oxygen atoms in total. The molecular formula is C20H14FN5O2S. The molecule has 9 heteroatoms. The number of amides is 1. The van der Waals surface area contributed by atoms with Gasteiger partial charge in [0.2, 0.25) is 5.91 Å². The molecule has 3 rings (SSSR count). The Labute approximate surface area is 170 Å². The van der Waals surface area contributed by atoms with Crippen molar-refractivity contribution in [2.24, 2.45) is 0 Å². The molecule has 144 valence electrons. The lowest BCUT2D eigenvalue weighted by Gasteiger charge is -2.11. The van der Waals surface area contributed by atoms with Crippen LogP contribution >= 0.6 is 11.8 Å². The van der Waals surface area contributed by atoms with Crippen molar-refractivity contribution in [1.82, 2.24) is 4.98 Å². The predicted octanol–water partition coefficient (Wildman–Crippen LogP) is 3.93. The maximum atomic E-state index is 12.9. The van der Waals surface area contributed by atoms with Crippen molar-refractivity contribution in [3.8, 4) is 23.5 Å². The number of nitrogens with zero attached hydrogens (tertiary/aromatic N) is 3. The fourth-order valence-electron chi connectivity index (χ4n) is 2.57. The van der Waals surface area contributed by atoms with Crippen LogP contribution in [0.4, 0.5) is 15.9 Å². The first-order valence-corrected chi connectivity index (χ1v) is 9.37. The van der Waals surface area contributed by atoms with E-state index in [1.54, 1.807) is 12.1 Å². The van der Waals surface area contributed by atoms with Gasteiger partial charge < -0.3 is 15.5 Å². The Kier molecular flexibility index (Phi) is 6.12. The molecule has 0 aliphatic carbocycles. The predicted molar refractivity (Wildman–Crippen MR) is 106 cm³/mol. The topological polar surface area (TPSA) is 129 Å². The maximum absolute atomic E-state index is 12.9. The average molecular weight is 407 g/mol. The second-order valence-electron chi connectivity index (χ2n) is 5.78. The van der Waals surface area contributed by atoms with E-state index in [9.17, 15) is 19.7 Å². The van der Waals surface area contributed by atoms with Crippen LogP contribution in [0.2, 0.25) is 0 Å². The van der Waals surface area contributed by atoms with Gasteiger partial charge in [0.1, 0.15) is 40.1 Å². The van der Waals surface area contributed by atoms with Crippen molar-refractivity contribution in [1.29, 1.82) is 10.5 Å². The highest BCUT2D eigenvalue weighted by Gasteiger charge is 2.22. The fourth-order valence-corrected chi connectivity index (χ4v) is 3.50. The number of furan rings is 1. The number of anilines is 2. The van der Waals surface area contributed by atoms with Crippen LogP contribution in [0, 0.1) is 28.5 Å². The quantitative estimate of drug-likeness (QED) is 0.592. The summed E-state index contributed by atoms with van der Waals surface area (Å²) in [5, 5.41) is 22.0. The summed E-state index contributed by atoms with van der Waals surface area (Å²) >= 11 is 1.17. The minimum absolute atomic E-state index is 0.0174. The number of hydrogen-bond donors (Lipinski definition) is 2. The Morgan fingerprint density at radius 3 is 2.55 bits per heavy atom. The summed E-state index contributed by atoms with van der Waals surface area (Å²) in [5.41, 5.74) is 6.90. The van der Waals surface area contributed by atoms with Crippen LogP contribution < -0.4 is 11.1 Å². The molecule has 0 saturated carbocycles. The summed E-state index contributed by atoms with van der Waals surface area (Å²) in [6, 6.07) is 12.7. The highest BCUT2D eigenvalue weighted by Crippen LogP contribution is 2.35. The molecule has 2 heterocycles. The zero-order valence-corrected chi connectivity index (χ0v) is 15.8. The van der Waals surface area contributed by atoms with Crippen molar-refractivity contribution >= 4 is 29.2 Å². The summed E-state index contributed by atoms with van der Waals surface area (Å²) in [6.45, 7) is 0. The van der Waals surface area contributed by atoms with E-state index in [4.69, 9.17) is 10.2 Å². The van der Waals surface area contributed by atoms with Gasteiger partial charge in [-0.25, -0.2) is 9.37 Å². The number of thioether (sulfide) groups is 1. The lowest BCUT2D eigenvalue weighted by atomic mass is 10.0. The summed E-state index contributed by atoms with van der Waals surface area (Å²) in [7, 11) is 0. The van der Waals surface area contributed by atoms with E-state index in [0.717, 1.165) is 0 Å². The molecule has 0 saturated heterocycles. The van der Waals surface area contributed by atoms with E-state index in [1.807, 2.05) is 6.07 Å². The van der Waals surface area contributed by atoms with Gasteiger partial charge >= 0.3 is 0 Å². The zero-order valence-electron chi connectivity index (χ0n) is 15.0. The maximum Gasteiger partial charge on any atom is 0.225 e. The van der Waals surface area contributed by atoms with Crippen molar-refractivity contribution in [2.45, 2.75) is 11.4 Å². The number of nitrogens with two attached hydrogens (primary N) is 1. The molecule has 1 aromatic carbocycles. The molecule has 0 aliphatic rings. The molecule has 0 radical (unpaired) electrons. The van der Waals surface area contributed by atoms with Crippen molar-refractivity contribution in [2.75, 3.05) is 16.8 Å². The van der Waals surface area contributed by atoms with Gasteiger partial charge in [0.05, 0.1) is 17.4 Å². The molecule has 2 aromatic heterocycles. The lowest BCUT2D eigenvalue weighted by molar-refractivity contribution is -0.115. The first-order chi connectivity index (χ1) is 14.0. The normalized spacial score (nSPS) is 10.2. The molecule has 1 amide bonds. The molecule has 0 bridgehead atoms. The number of pyridine rings is 1. The minimum atomic E-state index is -0.389. The van der Waals surface area contributed by atoms with E-state index in [1.165, 1.54) is 42.3 Å². The number of rotatable bonds is 6. The third-order valence-electron chi connectivity index (χ3n) is 3.88. The average Bonchev–Trinajstić information content (AvgIpc) is 3.23. The standard InChI is InChI=1S/C20H14FN5O2S/c21-12-3-5-13(6-4-12)25-17(27)7-9-29-20-15(11-23)18(16-2-1-8-28-16)14(10-22)19(24)26-20/h1-6,8H,7,9H2,(H2,24,26)(H,25,27). The van der Waals surface area contributed by atoms with Gasteiger partial charge in [0.15, 0.2) is 0 Å². The van der Waals surface area contributed by atoms with E-state index >= 15 is 0 Å². The molecule has 3 aromatic rings. The number of carbonyl (C=O) groups excluding carboxylic acids is 1. The number of hydrogen-bond acceptors (Lipinski definition) is 7. The smallest absolute Gasteiger partial charge is 0.225 e. The van der Waals surface area contributed by atoms with Crippen molar-refractivity contribution in [3.05, 3.63) is 59.6 Å². The Balaban J connectivity index is 1.76. The summed E-state index contributed by atoms with van der Waals surface area (Å²) in [5.74, 6) is -0.0216. The summed E-state index contributed by atoms with van der Waals surface area (Å²) in [6.07, 6.45) is 1.56. The number of nitrogens with one attached hydrogen (secondary N) is 1. The van der Waals surface area contributed by atoms with Gasteiger partial charge in [0.25, 0.3) is 0 Å². The summed E-state index contributed by atoms with van der Waals surface area (Å²) in [4.78, 5) is 16.2.